The van der Waals surface area contributed by atoms with E-state index in [1.807, 2.05) is 66.7 Å². The van der Waals surface area contributed by atoms with Crippen molar-refractivity contribution < 1.29 is 4.79 Å². The van der Waals surface area contributed by atoms with Crippen LogP contribution >= 0.6 is 11.8 Å². The maximum absolute atomic E-state index is 12.7. The van der Waals surface area contributed by atoms with Crippen LogP contribution in [0.25, 0.3) is 0 Å². The summed E-state index contributed by atoms with van der Waals surface area (Å²) in [6, 6.07) is 30.6. The topological polar surface area (TPSA) is 74.8 Å². The van der Waals surface area contributed by atoms with E-state index < -0.39 is 0 Å². The number of thioether (sulfide) groups is 1. The first kappa shape index (κ1) is 24.5. The van der Waals surface area contributed by atoms with Crippen molar-refractivity contribution in [2.45, 2.75) is 36.6 Å². The third-order valence-corrected chi connectivity index (χ3v) is 6.86. The van der Waals surface area contributed by atoms with Gasteiger partial charge < -0.3 is 10.3 Å². The molecule has 0 spiro atoms. The Morgan fingerprint density at radius 3 is 2.06 bits per heavy atom. The second-order valence-corrected chi connectivity index (χ2v) is 9.36. The highest BCUT2D eigenvalue weighted by Crippen LogP contribution is 2.27. The van der Waals surface area contributed by atoms with Crippen molar-refractivity contribution in [3.8, 4) is 0 Å². The Labute approximate surface area is 210 Å². The van der Waals surface area contributed by atoms with Crippen molar-refractivity contribution >= 4 is 17.7 Å². The second kappa shape index (κ2) is 12.2. The van der Waals surface area contributed by atoms with Gasteiger partial charge in [-0.1, -0.05) is 103 Å². The molecule has 0 aliphatic heterocycles. The molecule has 178 valence electrons. The van der Waals surface area contributed by atoms with Crippen molar-refractivity contribution in [1.82, 2.24) is 15.3 Å². The number of aromatic amines is 1. The van der Waals surface area contributed by atoms with Gasteiger partial charge in [0.1, 0.15) is 0 Å². The molecule has 6 heteroatoms. The maximum Gasteiger partial charge on any atom is 0.255 e. The quantitative estimate of drug-likeness (QED) is 0.239. The van der Waals surface area contributed by atoms with E-state index in [9.17, 15) is 9.59 Å². The summed E-state index contributed by atoms with van der Waals surface area (Å²) in [6.07, 6.45) is 0.779. The number of nitrogens with one attached hydrogen (secondary N) is 2. The van der Waals surface area contributed by atoms with Crippen molar-refractivity contribution in [3.05, 3.63) is 129 Å². The molecule has 1 heterocycles. The number of carbonyl (C=O) groups is 1. The molecule has 2 N–H and O–H groups in total. The predicted molar refractivity (Wildman–Crippen MR) is 142 cm³/mol. The Balaban J connectivity index is 1.35. The number of H-pyrrole nitrogens is 1. The summed E-state index contributed by atoms with van der Waals surface area (Å²) < 4.78 is 0. The van der Waals surface area contributed by atoms with E-state index in [1.165, 1.54) is 22.9 Å². The first-order chi connectivity index (χ1) is 17.1. The molecule has 0 atom stereocenters. The van der Waals surface area contributed by atoms with Crippen LogP contribution < -0.4 is 10.9 Å². The fourth-order valence-electron chi connectivity index (χ4n) is 4.06. The van der Waals surface area contributed by atoms with E-state index in [0.717, 1.165) is 12.0 Å². The van der Waals surface area contributed by atoms with Crippen LogP contribution in [0.4, 0.5) is 0 Å². The van der Waals surface area contributed by atoms with Gasteiger partial charge in [0.05, 0.1) is 6.42 Å². The van der Waals surface area contributed by atoms with Crippen LogP contribution in [0, 0.1) is 6.92 Å². The molecule has 0 unspecified atom stereocenters. The summed E-state index contributed by atoms with van der Waals surface area (Å²) >= 11 is 1.48. The first-order valence-electron chi connectivity index (χ1n) is 11.7. The number of rotatable bonds is 10. The molecule has 1 amide bonds. The van der Waals surface area contributed by atoms with Crippen LogP contribution in [0.15, 0.2) is 101 Å². The standard InChI is InChI=1S/C29H29N3O2S/c1-21-26(28(34)32-29(31-21)35-20-22-11-5-2-6-12-22)19-27(33)30-18-17-25(23-13-7-3-8-14-23)24-15-9-4-10-16-24/h2-16,25H,17-20H2,1H3,(H,30,33)(H,31,32,34). The van der Waals surface area contributed by atoms with E-state index >= 15 is 0 Å². The molecule has 35 heavy (non-hydrogen) atoms. The number of aryl methyl sites for hydroxylation is 1. The molecular formula is C29H29N3O2S. The zero-order valence-corrected chi connectivity index (χ0v) is 20.6. The van der Waals surface area contributed by atoms with E-state index in [2.05, 4.69) is 39.6 Å². The van der Waals surface area contributed by atoms with Crippen molar-refractivity contribution in [3.63, 3.8) is 0 Å². The van der Waals surface area contributed by atoms with Gasteiger partial charge in [-0.2, -0.15) is 0 Å². The normalized spacial score (nSPS) is 10.9. The lowest BCUT2D eigenvalue weighted by Crippen LogP contribution is -2.30. The molecule has 0 saturated carbocycles. The van der Waals surface area contributed by atoms with Crippen molar-refractivity contribution in [1.29, 1.82) is 0 Å². The number of hydrogen-bond donors (Lipinski definition) is 2. The Morgan fingerprint density at radius 2 is 1.49 bits per heavy atom. The molecule has 0 fully saturated rings. The van der Waals surface area contributed by atoms with Gasteiger partial charge >= 0.3 is 0 Å². The lowest BCUT2D eigenvalue weighted by molar-refractivity contribution is -0.120. The zero-order chi connectivity index (χ0) is 24.5. The molecule has 4 rings (SSSR count). The minimum absolute atomic E-state index is 0.0130. The number of amides is 1. The summed E-state index contributed by atoms with van der Waals surface area (Å²) in [5, 5.41) is 3.56. The highest BCUT2D eigenvalue weighted by atomic mass is 32.2. The Bertz CT molecular complexity index is 1250. The highest BCUT2D eigenvalue weighted by Gasteiger charge is 2.16. The first-order valence-corrected chi connectivity index (χ1v) is 12.7. The van der Waals surface area contributed by atoms with Crippen LogP contribution in [-0.4, -0.2) is 22.4 Å². The van der Waals surface area contributed by atoms with Crippen LogP contribution in [-0.2, 0) is 17.0 Å². The van der Waals surface area contributed by atoms with Crippen LogP contribution in [0.5, 0.6) is 0 Å². The fourth-order valence-corrected chi connectivity index (χ4v) is 4.92. The zero-order valence-electron chi connectivity index (χ0n) is 19.7. The number of hydrogen-bond acceptors (Lipinski definition) is 4. The van der Waals surface area contributed by atoms with Gasteiger partial charge in [-0.05, 0) is 30.0 Å². The van der Waals surface area contributed by atoms with Crippen molar-refractivity contribution in [2.24, 2.45) is 0 Å². The number of nitrogens with zero attached hydrogens (tertiary/aromatic N) is 1. The lowest BCUT2D eigenvalue weighted by Gasteiger charge is -2.18. The summed E-state index contributed by atoms with van der Waals surface area (Å²) in [4.78, 5) is 32.7. The smallest absolute Gasteiger partial charge is 0.255 e. The van der Waals surface area contributed by atoms with E-state index in [4.69, 9.17) is 0 Å². The van der Waals surface area contributed by atoms with Gasteiger partial charge in [-0.25, -0.2) is 4.98 Å². The minimum Gasteiger partial charge on any atom is -0.356 e. The van der Waals surface area contributed by atoms with Gasteiger partial charge in [-0.3, -0.25) is 9.59 Å². The summed E-state index contributed by atoms with van der Waals surface area (Å²) in [5.41, 5.74) is 4.33. The van der Waals surface area contributed by atoms with Crippen LogP contribution in [0.3, 0.4) is 0 Å². The van der Waals surface area contributed by atoms with Gasteiger partial charge in [0.25, 0.3) is 5.56 Å². The fraction of sp³-hybridized carbons (Fsp3) is 0.207. The molecule has 0 aliphatic rings. The highest BCUT2D eigenvalue weighted by molar-refractivity contribution is 7.98. The van der Waals surface area contributed by atoms with E-state index in [-0.39, 0.29) is 23.8 Å². The second-order valence-electron chi connectivity index (χ2n) is 8.40. The molecule has 0 saturated heterocycles. The Kier molecular flexibility index (Phi) is 8.52. The molecule has 0 aliphatic carbocycles. The average molecular weight is 484 g/mol. The maximum atomic E-state index is 12.7. The predicted octanol–water partition coefficient (Wildman–Crippen LogP) is 5.25. The summed E-state index contributed by atoms with van der Waals surface area (Å²) in [6.45, 7) is 2.30. The third-order valence-electron chi connectivity index (χ3n) is 5.92. The Morgan fingerprint density at radius 1 is 0.914 bits per heavy atom. The molecule has 1 aromatic heterocycles. The molecule has 5 nitrogen and oxygen atoms in total. The van der Waals surface area contributed by atoms with Gasteiger partial charge in [0.15, 0.2) is 5.16 Å². The summed E-state index contributed by atoms with van der Waals surface area (Å²) in [5.74, 6) is 0.725. The van der Waals surface area contributed by atoms with Gasteiger partial charge in [0.2, 0.25) is 5.91 Å². The minimum atomic E-state index is -0.255. The number of carbonyl (C=O) groups excluding carboxylic acids is 1. The lowest BCUT2D eigenvalue weighted by atomic mass is 9.88. The van der Waals surface area contributed by atoms with E-state index in [1.54, 1.807) is 6.92 Å². The molecule has 4 aromatic rings. The van der Waals surface area contributed by atoms with Crippen LogP contribution in [0.2, 0.25) is 0 Å². The van der Waals surface area contributed by atoms with Gasteiger partial charge in [-0.15, -0.1) is 0 Å². The van der Waals surface area contributed by atoms with Crippen molar-refractivity contribution in [2.75, 3.05) is 6.54 Å². The summed E-state index contributed by atoms with van der Waals surface area (Å²) in [7, 11) is 0. The number of benzene rings is 3. The van der Waals surface area contributed by atoms with Crippen LogP contribution in [0.1, 0.15) is 40.3 Å². The largest absolute Gasteiger partial charge is 0.356 e. The number of aromatic nitrogens is 2. The van der Waals surface area contributed by atoms with E-state index in [0.29, 0.717) is 28.7 Å². The van der Waals surface area contributed by atoms with Gasteiger partial charge in [0, 0.05) is 29.5 Å². The third kappa shape index (κ3) is 6.93. The monoisotopic (exact) mass is 483 g/mol. The average Bonchev–Trinajstić information content (AvgIpc) is 2.89. The molecular weight excluding hydrogens is 454 g/mol. The molecule has 3 aromatic carbocycles. The SMILES string of the molecule is Cc1nc(SCc2ccccc2)[nH]c(=O)c1CC(=O)NCCC(c1ccccc1)c1ccccc1. The molecule has 0 bridgehead atoms. The molecule has 0 radical (unpaired) electrons. The Hall–Kier alpha value is -3.64.